The Balaban J connectivity index is 2.45. The molecule has 0 fully saturated rings. The summed E-state index contributed by atoms with van der Waals surface area (Å²) in [5, 5.41) is 4.20. The van der Waals surface area contributed by atoms with Crippen LogP contribution in [0.5, 0.6) is 0 Å². The number of halogens is 1. The Kier molecular flexibility index (Phi) is 4.15. The van der Waals surface area contributed by atoms with Crippen molar-refractivity contribution in [3.05, 3.63) is 22.7 Å². The zero-order valence-electron chi connectivity index (χ0n) is 8.00. The van der Waals surface area contributed by atoms with E-state index in [0.29, 0.717) is 4.73 Å². The Hall–Kier alpha value is -0.640. The molecule has 1 aromatic rings. The van der Waals surface area contributed by atoms with Crippen molar-refractivity contribution in [3.63, 3.8) is 0 Å². The van der Waals surface area contributed by atoms with Gasteiger partial charge in [-0.25, -0.2) is 9.67 Å². The lowest BCUT2D eigenvalue weighted by Gasteiger charge is -1.98. The summed E-state index contributed by atoms with van der Waals surface area (Å²) in [6.07, 6.45) is 6.46. The smallest absolute Gasteiger partial charge is 0.217 e. The number of nitrogens with zero attached hydrogens (tertiary/aromatic N) is 3. The molecule has 0 radical (unpaired) electrons. The minimum Gasteiger partial charge on any atom is -0.249 e. The first kappa shape index (κ1) is 10.4. The van der Waals surface area contributed by atoms with E-state index in [9.17, 15) is 0 Å². The zero-order valence-corrected chi connectivity index (χ0v) is 9.58. The van der Waals surface area contributed by atoms with Crippen LogP contribution in [0, 0.1) is 6.92 Å². The van der Waals surface area contributed by atoms with Crippen molar-refractivity contribution in [2.75, 3.05) is 0 Å². The molecule has 0 aliphatic carbocycles. The molecule has 4 heteroatoms. The number of aromatic nitrogens is 3. The van der Waals surface area contributed by atoms with Gasteiger partial charge in [0.15, 0.2) is 0 Å². The molecule has 0 saturated carbocycles. The highest BCUT2D eigenvalue weighted by Gasteiger charge is 2.00. The Morgan fingerprint density at radius 2 is 2.23 bits per heavy atom. The summed E-state index contributed by atoms with van der Waals surface area (Å²) in [7, 11) is 0. The molecule has 72 valence electrons. The highest BCUT2D eigenvalue weighted by atomic mass is 79.9. The lowest BCUT2D eigenvalue weighted by atomic mass is 10.3. The van der Waals surface area contributed by atoms with Gasteiger partial charge in [-0.05, 0) is 35.7 Å². The van der Waals surface area contributed by atoms with Crippen LogP contribution in [0.4, 0.5) is 0 Å². The number of rotatable bonds is 4. The van der Waals surface area contributed by atoms with Crippen LogP contribution in [0.3, 0.4) is 0 Å². The van der Waals surface area contributed by atoms with Gasteiger partial charge in [0, 0.05) is 6.54 Å². The van der Waals surface area contributed by atoms with E-state index in [1.54, 1.807) is 0 Å². The maximum atomic E-state index is 4.20. The van der Waals surface area contributed by atoms with Gasteiger partial charge >= 0.3 is 0 Å². The second-order valence-electron chi connectivity index (χ2n) is 2.82. The summed E-state index contributed by atoms with van der Waals surface area (Å²) in [5.74, 6) is 0.955. The second-order valence-corrected chi connectivity index (χ2v) is 3.53. The molecule has 0 atom stereocenters. The Bertz CT molecular complexity index is 291. The van der Waals surface area contributed by atoms with Crippen LogP contribution >= 0.6 is 15.9 Å². The molecule has 1 rings (SSSR count). The predicted molar refractivity (Wildman–Crippen MR) is 56.5 cm³/mol. The van der Waals surface area contributed by atoms with E-state index in [0.717, 1.165) is 25.2 Å². The Labute approximate surface area is 87.0 Å². The molecule has 0 bridgehead atoms. The van der Waals surface area contributed by atoms with Crippen molar-refractivity contribution in [2.24, 2.45) is 0 Å². The Morgan fingerprint density at radius 3 is 2.77 bits per heavy atom. The minimum absolute atomic E-state index is 0.671. The van der Waals surface area contributed by atoms with Crippen LogP contribution in [0.15, 0.2) is 16.9 Å². The topological polar surface area (TPSA) is 30.7 Å². The van der Waals surface area contributed by atoms with Gasteiger partial charge in [0.2, 0.25) is 4.73 Å². The van der Waals surface area contributed by atoms with E-state index >= 15 is 0 Å². The summed E-state index contributed by atoms with van der Waals surface area (Å²) in [6.45, 7) is 5.00. The average molecular weight is 244 g/mol. The number of allylic oxidation sites excluding steroid dienone is 2. The van der Waals surface area contributed by atoms with E-state index in [1.807, 2.05) is 11.6 Å². The maximum absolute atomic E-state index is 4.20. The van der Waals surface area contributed by atoms with Crippen LogP contribution in [0.1, 0.15) is 25.6 Å². The SMILES string of the molecule is CC/C=C/CCn1nc(Br)nc1C. The lowest BCUT2D eigenvalue weighted by molar-refractivity contribution is 0.600. The third-order valence-electron chi connectivity index (χ3n) is 1.74. The van der Waals surface area contributed by atoms with E-state index < -0.39 is 0 Å². The molecule has 13 heavy (non-hydrogen) atoms. The molecule has 0 spiro atoms. The van der Waals surface area contributed by atoms with Gasteiger partial charge in [-0.15, -0.1) is 5.10 Å². The molecule has 0 aromatic carbocycles. The third-order valence-corrected chi connectivity index (χ3v) is 2.08. The first-order valence-electron chi connectivity index (χ1n) is 4.46. The molecule has 0 unspecified atom stereocenters. The van der Waals surface area contributed by atoms with E-state index in [2.05, 4.69) is 45.1 Å². The fourth-order valence-electron chi connectivity index (χ4n) is 1.08. The summed E-state index contributed by atoms with van der Waals surface area (Å²) < 4.78 is 2.58. The summed E-state index contributed by atoms with van der Waals surface area (Å²) in [4.78, 5) is 4.15. The van der Waals surface area contributed by atoms with Crippen molar-refractivity contribution in [3.8, 4) is 0 Å². The van der Waals surface area contributed by atoms with Gasteiger partial charge in [-0.3, -0.25) is 0 Å². The molecule has 1 heterocycles. The summed E-state index contributed by atoms with van der Waals surface area (Å²) in [5.41, 5.74) is 0. The minimum atomic E-state index is 0.671. The fourth-order valence-corrected chi connectivity index (χ4v) is 1.53. The van der Waals surface area contributed by atoms with Crippen LogP contribution in [-0.4, -0.2) is 14.8 Å². The van der Waals surface area contributed by atoms with Crippen LogP contribution in [0.2, 0.25) is 0 Å². The van der Waals surface area contributed by atoms with Crippen LogP contribution < -0.4 is 0 Å². The van der Waals surface area contributed by atoms with Gasteiger partial charge < -0.3 is 0 Å². The summed E-state index contributed by atoms with van der Waals surface area (Å²) >= 11 is 3.24. The number of aryl methyl sites for hydroxylation is 2. The summed E-state index contributed by atoms with van der Waals surface area (Å²) in [6, 6.07) is 0. The second kappa shape index (κ2) is 5.17. The fraction of sp³-hybridized carbons (Fsp3) is 0.556. The van der Waals surface area contributed by atoms with Gasteiger partial charge in [0.25, 0.3) is 0 Å². The quantitative estimate of drug-likeness (QED) is 0.762. The van der Waals surface area contributed by atoms with E-state index in [-0.39, 0.29) is 0 Å². The largest absolute Gasteiger partial charge is 0.249 e. The lowest BCUT2D eigenvalue weighted by Crippen LogP contribution is -2.01. The first-order chi connectivity index (χ1) is 6.24. The van der Waals surface area contributed by atoms with E-state index in [4.69, 9.17) is 0 Å². The predicted octanol–water partition coefficient (Wildman–Crippen LogP) is 2.71. The molecule has 0 N–H and O–H groups in total. The molecule has 0 aliphatic heterocycles. The number of hydrogen-bond acceptors (Lipinski definition) is 2. The van der Waals surface area contributed by atoms with Crippen molar-refractivity contribution >= 4 is 15.9 Å². The van der Waals surface area contributed by atoms with Crippen molar-refractivity contribution < 1.29 is 0 Å². The molecular formula is C9H14BrN3. The Morgan fingerprint density at radius 1 is 1.46 bits per heavy atom. The monoisotopic (exact) mass is 243 g/mol. The van der Waals surface area contributed by atoms with Gasteiger partial charge in [-0.1, -0.05) is 19.1 Å². The van der Waals surface area contributed by atoms with Gasteiger partial charge in [0.05, 0.1) is 0 Å². The first-order valence-corrected chi connectivity index (χ1v) is 5.25. The number of hydrogen-bond donors (Lipinski definition) is 0. The third kappa shape index (κ3) is 3.30. The molecule has 0 aliphatic rings. The molecule has 0 amide bonds. The normalized spacial score (nSPS) is 11.3. The molecule has 3 nitrogen and oxygen atoms in total. The highest BCUT2D eigenvalue weighted by Crippen LogP contribution is 2.04. The molecular weight excluding hydrogens is 230 g/mol. The van der Waals surface area contributed by atoms with Crippen molar-refractivity contribution in [1.82, 2.24) is 14.8 Å². The van der Waals surface area contributed by atoms with Crippen molar-refractivity contribution in [1.29, 1.82) is 0 Å². The standard InChI is InChI=1S/C9H14BrN3/c1-3-4-5-6-7-13-8(2)11-9(10)12-13/h4-5H,3,6-7H2,1-2H3/b5-4+. The van der Waals surface area contributed by atoms with Gasteiger partial charge in [-0.2, -0.15) is 0 Å². The van der Waals surface area contributed by atoms with E-state index in [1.165, 1.54) is 0 Å². The van der Waals surface area contributed by atoms with Crippen molar-refractivity contribution in [2.45, 2.75) is 33.2 Å². The molecule has 0 saturated heterocycles. The van der Waals surface area contributed by atoms with Crippen LogP contribution in [0.25, 0.3) is 0 Å². The molecule has 1 aromatic heterocycles. The van der Waals surface area contributed by atoms with Gasteiger partial charge in [0.1, 0.15) is 5.82 Å². The van der Waals surface area contributed by atoms with Crippen LogP contribution in [-0.2, 0) is 6.54 Å². The zero-order chi connectivity index (χ0) is 9.68. The maximum Gasteiger partial charge on any atom is 0.217 e. The average Bonchev–Trinajstić information content (AvgIpc) is 2.39. The highest BCUT2D eigenvalue weighted by molar-refractivity contribution is 9.10.